The maximum absolute atomic E-state index is 6.35. The minimum Gasteiger partial charge on any atom is -0.324 e. The van der Waals surface area contributed by atoms with E-state index in [1.54, 1.807) is 0 Å². The number of hydrogen-bond acceptors (Lipinski definition) is 2. The zero-order valence-corrected chi connectivity index (χ0v) is 11.8. The molecule has 2 rings (SSSR count). The fourth-order valence-corrected chi connectivity index (χ4v) is 2.68. The number of nitrogens with two attached hydrogens (primary N) is 1. The molecule has 18 heavy (non-hydrogen) atoms. The third kappa shape index (κ3) is 3.33. The molecule has 1 saturated carbocycles. The summed E-state index contributed by atoms with van der Waals surface area (Å²) in [6.45, 7) is 5.68. The maximum Gasteiger partial charge on any atom is 0.0333 e. The minimum absolute atomic E-state index is 0.139. The fourth-order valence-electron chi connectivity index (χ4n) is 2.68. The van der Waals surface area contributed by atoms with E-state index in [1.165, 1.54) is 18.4 Å². The fraction of sp³-hybridized carbons (Fsp3) is 0.625. The molecule has 100 valence electrons. The predicted molar refractivity (Wildman–Crippen MR) is 77.4 cm³/mol. The average Bonchev–Trinajstić information content (AvgIpc) is 3.22. The SMILES string of the molecule is CC(CN(C)C(C)C1CC1)C(N)c1ccccc1. The third-order valence-electron chi connectivity index (χ3n) is 4.37. The number of nitrogens with zero attached hydrogens (tertiary/aromatic N) is 1. The standard InChI is InChI=1S/C16H26N2/c1-12(11-18(3)13(2)14-9-10-14)16(17)15-7-5-4-6-8-15/h4-8,12-14,16H,9-11,17H2,1-3H3. The molecule has 0 spiro atoms. The normalized spacial score (nSPS) is 20.7. The minimum atomic E-state index is 0.139. The Balaban J connectivity index is 1.88. The first-order valence-electron chi connectivity index (χ1n) is 7.10. The highest BCUT2D eigenvalue weighted by Crippen LogP contribution is 2.35. The Morgan fingerprint density at radius 3 is 2.39 bits per heavy atom. The van der Waals surface area contributed by atoms with Crippen LogP contribution in [0.25, 0.3) is 0 Å². The van der Waals surface area contributed by atoms with Crippen molar-refractivity contribution < 1.29 is 0 Å². The Labute approximate surface area is 111 Å². The van der Waals surface area contributed by atoms with Crippen LogP contribution < -0.4 is 5.73 Å². The summed E-state index contributed by atoms with van der Waals surface area (Å²) in [6.07, 6.45) is 2.81. The van der Waals surface area contributed by atoms with Gasteiger partial charge in [-0.3, -0.25) is 0 Å². The van der Waals surface area contributed by atoms with Gasteiger partial charge in [-0.1, -0.05) is 37.3 Å². The van der Waals surface area contributed by atoms with Crippen molar-refractivity contribution in [2.75, 3.05) is 13.6 Å². The van der Waals surface area contributed by atoms with Crippen LogP contribution in [0, 0.1) is 11.8 Å². The Kier molecular flexibility index (Phi) is 4.41. The van der Waals surface area contributed by atoms with Crippen molar-refractivity contribution in [2.45, 2.75) is 38.8 Å². The second-order valence-electron chi connectivity index (χ2n) is 5.93. The topological polar surface area (TPSA) is 29.3 Å². The van der Waals surface area contributed by atoms with Gasteiger partial charge in [-0.25, -0.2) is 0 Å². The lowest BCUT2D eigenvalue weighted by Gasteiger charge is -2.30. The number of hydrogen-bond donors (Lipinski definition) is 1. The summed E-state index contributed by atoms with van der Waals surface area (Å²) >= 11 is 0. The van der Waals surface area contributed by atoms with Gasteiger partial charge in [-0.2, -0.15) is 0 Å². The van der Waals surface area contributed by atoms with Crippen LogP contribution in [-0.4, -0.2) is 24.5 Å². The van der Waals surface area contributed by atoms with E-state index < -0.39 is 0 Å². The van der Waals surface area contributed by atoms with Crippen LogP contribution in [0.5, 0.6) is 0 Å². The Hall–Kier alpha value is -0.860. The van der Waals surface area contributed by atoms with Crippen LogP contribution in [0.15, 0.2) is 30.3 Å². The van der Waals surface area contributed by atoms with Crippen molar-refractivity contribution in [1.29, 1.82) is 0 Å². The first kappa shape index (κ1) is 13.6. The zero-order chi connectivity index (χ0) is 13.1. The van der Waals surface area contributed by atoms with Gasteiger partial charge in [-0.15, -0.1) is 0 Å². The molecule has 0 aromatic heterocycles. The first-order chi connectivity index (χ1) is 8.59. The third-order valence-corrected chi connectivity index (χ3v) is 4.37. The summed E-state index contributed by atoms with van der Waals surface area (Å²) in [5.74, 6) is 1.41. The summed E-state index contributed by atoms with van der Waals surface area (Å²) in [5.41, 5.74) is 7.60. The zero-order valence-electron chi connectivity index (χ0n) is 11.8. The molecule has 1 aromatic rings. The van der Waals surface area contributed by atoms with Gasteiger partial charge in [0.1, 0.15) is 0 Å². The number of benzene rings is 1. The van der Waals surface area contributed by atoms with Gasteiger partial charge < -0.3 is 10.6 Å². The predicted octanol–water partition coefficient (Wildman–Crippen LogP) is 3.05. The van der Waals surface area contributed by atoms with Gasteiger partial charge in [0.05, 0.1) is 0 Å². The first-order valence-corrected chi connectivity index (χ1v) is 7.10. The van der Waals surface area contributed by atoms with Crippen LogP contribution in [0.3, 0.4) is 0 Å². The molecule has 1 fully saturated rings. The number of rotatable bonds is 6. The van der Waals surface area contributed by atoms with Crippen molar-refractivity contribution in [3.05, 3.63) is 35.9 Å². The second kappa shape index (κ2) is 5.85. The van der Waals surface area contributed by atoms with Crippen LogP contribution in [0.1, 0.15) is 38.3 Å². The van der Waals surface area contributed by atoms with Gasteiger partial charge in [0.25, 0.3) is 0 Å². The molecule has 2 nitrogen and oxygen atoms in total. The Bertz CT molecular complexity index is 359. The molecule has 0 amide bonds. The Morgan fingerprint density at radius 2 is 1.83 bits per heavy atom. The summed E-state index contributed by atoms with van der Waals surface area (Å²) < 4.78 is 0. The molecule has 2 heteroatoms. The van der Waals surface area contributed by atoms with E-state index in [0.717, 1.165) is 12.5 Å². The molecule has 0 radical (unpaired) electrons. The van der Waals surface area contributed by atoms with E-state index in [4.69, 9.17) is 5.73 Å². The maximum atomic E-state index is 6.35. The monoisotopic (exact) mass is 246 g/mol. The van der Waals surface area contributed by atoms with E-state index in [1.807, 2.05) is 6.07 Å². The summed E-state index contributed by atoms with van der Waals surface area (Å²) in [6, 6.07) is 11.3. The largest absolute Gasteiger partial charge is 0.324 e. The summed E-state index contributed by atoms with van der Waals surface area (Å²) in [5, 5.41) is 0. The highest BCUT2D eigenvalue weighted by atomic mass is 15.1. The van der Waals surface area contributed by atoms with Crippen LogP contribution in [-0.2, 0) is 0 Å². The van der Waals surface area contributed by atoms with Crippen molar-refractivity contribution in [2.24, 2.45) is 17.6 Å². The molecule has 3 unspecified atom stereocenters. The van der Waals surface area contributed by atoms with Gasteiger partial charge in [0, 0.05) is 18.6 Å². The molecular formula is C16H26N2. The lowest BCUT2D eigenvalue weighted by molar-refractivity contribution is 0.193. The van der Waals surface area contributed by atoms with Gasteiger partial charge >= 0.3 is 0 Å². The molecule has 0 aliphatic heterocycles. The van der Waals surface area contributed by atoms with Crippen LogP contribution in [0.4, 0.5) is 0 Å². The molecule has 3 atom stereocenters. The molecule has 0 heterocycles. The summed E-state index contributed by atoms with van der Waals surface area (Å²) in [7, 11) is 2.23. The molecular weight excluding hydrogens is 220 g/mol. The van der Waals surface area contributed by atoms with E-state index >= 15 is 0 Å². The molecule has 0 bridgehead atoms. The Morgan fingerprint density at radius 1 is 1.22 bits per heavy atom. The second-order valence-corrected chi connectivity index (χ2v) is 5.93. The van der Waals surface area contributed by atoms with Gasteiger partial charge in [0.2, 0.25) is 0 Å². The lowest BCUT2D eigenvalue weighted by atomic mass is 9.94. The van der Waals surface area contributed by atoms with E-state index in [-0.39, 0.29) is 6.04 Å². The van der Waals surface area contributed by atoms with Gasteiger partial charge in [0.15, 0.2) is 0 Å². The van der Waals surface area contributed by atoms with Crippen LogP contribution >= 0.6 is 0 Å². The van der Waals surface area contributed by atoms with Crippen molar-refractivity contribution >= 4 is 0 Å². The van der Waals surface area contributed by atoms with Crippen molar-refractivity contribution in [3.63, 3.8) is 0 Å². The highest BCUT2D eigenvalue weighted by Gasteiger charge is 2.31. The van der Waals surface area contributed by atoms with E-state index in [0.29, 0.717) is 12.0 Å². The molecule has 1 aromatic carbocycles. The molecule has 2 N–H and O–H groups in total. The molecule has 1 aliphatic rings. The molecule has 1 aliphatic carbocycles. The van der Waals surface area contributed by atoms with Crippen LogP contribution in [0.2, 0.25) is 0 Å². The van der Waals surface area contributed by atoms with E-state index in [2.05, 4.69) is 50.1 Å². The van der Waals surface area contributed by atoms with Crippen molar-refractivity contribution in [1.82, 2.24) is 4.90 Å². The highest BCUT2D eigenvalue weighted by molar-refractivity contribution is 5.19. The smallest absolute Gasteiger partial charge is 0.0333 e. The summed E-state index contributed by atoms with van der Waals surface area (Å²) in [4.78, 5) is 2.48. The van der Waals surface area contributed by atoms with Crippen molar-refractivity contribution in [3.8, 4) is 0 Å². The average molecular weight is 246 g/mol. The van der Waals surface area contributed by atoms with Gasteiger partial charge in [-0.05, 0) is 44.2 Å². The lowest BCUT2D eigenvalue weighted by Crippen LogP contribution is -2.37. The molecule has 0 saturated heterocycles. The quantitative estimate of drug-likeness (QED) is 0.836. The van der Waals surface area contributed by atoms with E-state index in [9.17, 15) is 0 Å².